The van der Waals surface area contributed by atoms with E-state index in [0.29, 0.717) is 24.2 Å². The van der Waals surface area contributed by atoms with Crippen molar-refractivity contribution in [2.45, 2.75) is 32.2 Å². The topological polar surface area (TPSA) is 122 Å². The van der Waals surface area contributed by atoms with E-state index in [0.717, 1.165) is 42.6 Å². The van der Waals surface area contributed by atoms with Crippen molar-refractivity contribution in [1.29, 1.82) is 0 Å². The van der Waals surface area contributed by atoms with Crippen molar-refractivity contribution in [2.75, 3.05) is 16.0 Å². The summed E-state index contributed by atoms with van der Waals surface area (Å²) >= 11 is 0. The van der Waals surface area contributed by atoms with Gasteiger partial charge in [-0.1, -0.05) is 36.4 Å². The lowest BCUT2D eigenvalue weighted by Gasteiger charge is -2.15. The van der Waals surface area contributed by atoms with E-state index in [-0.39, 0.29) is 16.9 Å². The summed E-state index contributed by atoms with van der Waals surface area (Å²) in [5.74, 6) is 0.741. The van der Waals surface area contributed by atoms with Crippen molar-refractivity contribution in [2.24, 2.45) is 17.1 Å². The van der Waals surface area contributed by atoms with E-state index < -0.39 is 5.91 Å². The van der Waals surface area contributed by atoms with Crippen LogP contribution in [0.2, 0.25) is 0 Å². The molecule has 8 nitrogen and oxygen atoms in total. The third-order valence-corrected chi connectivity index (χ3v) is 6.33. The highest BCUT2D eigenvalue weighted by Gasteiger charge is 2.59. The molecule has 5 rings (SSSR count). The number of carbonyl (C=O) groups excluding carboxylic acids is 2. The second-order valence-corrected chi connectivity index (χ2v) is 8.75. The zero-order valence-corrected chi connectivity index (χ0v) is 18.2. The molecule has 2 aliphatic rings. The van der Waals surface area contributed by atoms with Gasteiger partial charge in [0.05, 0.1) is 11.0 Å². The number of rotatable bonds is 9. The minimum Gasteiger partial charge on any atom is -0.365 e. The highest BCUT2D eigenvalue weighted by Crippen LogP contribution is 2.61. The van der Waals surface area contributed by atoms with Crippen molar-refractivity contribution in [3.8, 4) is 0 Å². The van der Waals surface area contributed by atoms with Crippen LogP contribution in [0, 0.1) is 11.3 Å². The Labute approximate surface area is 192 Å². The molecule has 3 aromatic rings. The fourth-order valence-electron chi connectivity index (χ4n) is 4.19. The number of aromatic nitrogens is 2. The zero-order valence-electron chi connectivity index (χ0n) is 18.2. The number of amides is 2. The molecule has 33 heavy (non-hydrogen) atoms. The molecule has 2 aromatic carbocycles. The zero-order chi connectivity index (χ0) is 22.8. The summed E-state index contributed by atoms with van der Waals surface area (Å²) in [7, 11) is 0. The average molecular weight is 443 g/mol. The van der Waals surface area contributed by atoms with Gasteiger partial charge in [0, 0.05) is 24.1 Å². The van der Waals surface area contributed by atoms with Gasteiger partial charge in [-0.25, -0.2) is 4.98 Å². The Morgan fingerprint density at radius 3 is 2.48 bits per heavy atom. The Morgan fingerprint density at radius 1 is 1.03 bits per heavy atom. The fraction of sp³-hybridized carbons (Fsp3) is 0.280. The first kappa shape index (κ1) is 20.9. The Kier molecular flexibility index (Phi) is 5.42. The third-order valence-electron chi connectivity index (χ3n) is 6.33. The highest BCUT2D eigenvalue weighted by atomic mass is 16.2. The fourth-order valence-corrected chi connectivity index (χ4v) is 4.19. The number of hydrogen-bond acceptors (Lipinski definition) is 6. The lowest BCUT2D eigenvalue weighted by atomic mass is 9.99. The minimum atomic E-state index is -0.605. The van der Waals surface area contributed by atoms with Crippen LogP contribution in [0.25, 0.3) is 0 Å². The first-order valence-electron chi connectivity index (χ1n) is 11.2. The van der Waals surface area contributed by atoms with E-state index in [4.69, 9.17) is 5.73 Å². The molecule has 1 aromatic heterocycles. The number of carbonyl (C=O) groups is 2. The van der Waals surface area contributed by atoms with E-state index in [1.807, 2.05) is 54.6 Å². The number of benzene rings is 2. The predicted octanol–water partition coefficient (Wildman–Crippen LogP) is 4.06. The third kappa shape index (κ3) is 4.64. The maximum absolute atomic E-state index is 12.8. The smallest absolute Gasteiger partial charge is 0.254 e. The monoisotopic (exact) mass is 442 g/mol. The van der Waals surface area contributed by atoms with E-state index in [2.05, 4.69) is 25.9 Å². The first-order valence-corrected chi connectivity index (χ1v) is 11.2. The van der Waals surface area contributed by atoms with Crippen molar-refractivity contribution < 1.29 is 9.59 Å². The van der Waals surface area contributed by atoms with Gasteiger partial charge in [0.25, 0.3) is 5.91 Å². The quantitative estimate of drug-likeness (QED) is 0.396. The number of nitrogens with two attached hydrogens (primary N) is 1. The number of nitrogens with one attached hydrogen (secondary N) is 3. The summed E-state index contributed by atoms with van der Waals surface area (Å²) in [6, 6.07) is 17.2. The second-order valence-electron chi connectivity index (χ2n) is 8.75. The van der Waals surface area contributed by atoms with E-state index in [1.54, 1.807) is 0 Å². The maximum Gasteiger partial charge on any atom is 0.254 e. The van der Waals surface area contributed by atoms with Gasteiger partial charge in [-0.05, 0) is 55.4 Å². The van der Waals surface area contributed by atoms with Crippen LogP contribution < -0.4 is 21.7 Å². The van der Waals surface area contributed by atoms with Gasteiger partial charge in [0.15, 0.2) is 0 Å². The molecular formula is C25H26N6O2. The lowest BCUT2D eigenvalue weighted by molar-refractivity contribution is -0.121. The van der Waals surface area contributed by atoms with Crippen LogP contribution in [0.5, 0.6) is 0 Å². The van der Waals surface area contributed by atoms with Gasteiger partial charge < -0.3 is 21.7 Å². The maximum atomic E-state index is 12.8. The van der Waals surface area contributed by atoms with Gasteiger partial charge in [-0.2, -0.15) is 4.98 Å². The predicted molar refractivity (Wildman–Crippen MR) is 127 cm³/mol. The number of anilines is 4. The summed E-state index contributed by atoms with van der Waals surface area (Å²) in [6.45, 7) is 0.488. The minimum absolute atomic E-state index is 0.122. The van der Waals surface area contributed by atoms with Gasteiger partial charge in [0.2, 0.25) is 11.9 Å². The van der Waals surface area contributed by atoms with Crippen molar-refractivity contribution in [3.63, 3.8) is 0 Å². The molecule has 2 aliphatic carbocycles. The van der Waals surface area contributed by atoms with E-state index >= 15 is 0 Å². The van der Waals surface area contributed by atoms with Crippen molar-refractivity contribution >= 4 is 35.0 Å². The lowest BCUT2D eigenvalue weighted by Crippen LogP contribution is -2.25. The summed E-state index contributed by atoms with van der Waals surface area (Å²) in [6.07, 6.45) is 5.70. The Bertz CT molecular complexity index is 1190. The molecule has 5 N–H and O–H groups in total. The molecule has 2 saturated carbocycles. The molecule has 1 heterocycles. The molecule has 0 spiro atoms. The summed E-state index contributed by atoms with van der Waals surface area (Å²) in [5, 5.41) is 9.38. The second kappa shape index (κ2) is 8.54. The van der Waals surface area contributed by atoms with Crippen LogP contribution in [0.1, 0.15) is 41.6 Å². The SMILES string of the molecule is NC(=O)c1cnc(Nc2cccc(NC(=O)C3(C4CC4)CC3)c2)nc1NCc1ccccc1. The molecule has 0 radical (unpaired) electrons. The van der Waals surface area contributed by atoms with Crippen LogP contribution in [0.4, 0.5) is 23.1 Å². The molecule has 168 valence electrons. The number of primary amides is 1. The van der Waals surface area contributed by atoms with Gasteiger partial charge in [-0.3, -0.25) is 9.59 Å². The molecule has 0 bridgehead atoms. The number of nitrogens with zero attached hydrogens (tertiary/aromatic N) is 2. The standard InChI is InChI=1S/C25H26N6O2/c26-21(32)20-15-28-24(31-22(20)27-14-16-5-2-1-3-6-16)30-19-8-4-7-18(13-19)29-23(33)25(11-12-25)17-9-10-17/h1-8,13,15,17H,9-12,14H2,(H2,26,32)(H,29,33)(H2,27,28,30,31). The molecule has 0 saturated heterocycles. The summed E-state index contributed by atoms with van der Waals surface area (Å²) in [5.41, 5.74) is 8.07. The van der Waals surface area contributed by atoms with Crippen LogP contribution in [-0.2, 0) is 11.3 Å². The molecule has 2 amide bonds. The molecule has 2 fully saturated rings. The van der Waals surface area contributed by atoms with E-state index in [9.17, 15) is 9.59 Å². The molecular weight excluding hydrogens is 416 g/mol. The Balaban J connectivity index is 1.30. The molecule has 0 atom stereocenters. The van der Waals surface area contributed by atoms with Gasteiger partial charge in [-0.15, -0.1) is 0 Å². The van der Waals surface area contributed by atoms with Crippen molar-refractivity contribution in [3.05, 3.63) is 71.9 Å². The number of hydrogen-bond donors (Lipinski definition) is 4. The van der Waals surface area contributed by atoms with Crippen LogP contribution in [0.15, 0.2) is 60.8 Å². The Hall–Kier alpha value is -3.94. The largest absolute Gasteiger partial charge is 0.365 e. The highest BCUT2D eigenvalue weighted by molar-refractivity contribution is 5.98. The normalized spacial score (nSPS) is 16.0. The average Bonchev–Trinajstić information content (AvgIpc) is 3.71. The van der Waals surface area contributed by atoms with Crippen LogP contribution >= 0.6 is 0 Å². The van der Waals surface area contributed by atoms with Crippen LogP contribution in [0.3, 0.4) is 0 Å². The molecule has 0 unspecified atom stereocenters. The summed E-state index contributed by atoms with van der Waals surface area (Å²) in [4.78, 5) is 33.3. The van der Waals surface area contributed by atoms with Crippen molar-refractivity contribution in [1.82, 2.24) is 9.97 Å². The van der Waals surface area contributed by atoms with E-state index in [1.165, 1.54) is 6.20 Å². The van der Waals surface area contributed by atoms with Gasteiger partial charge >= 0.3 is 0 Å². The molecule has 8 heteroatoms. The van der Waals surface area contributed by atoms with Gasteiger partial charge in [0.1, 0.15) is 5.82 Å². The first-order chi connectivity index (χ1) is 16.0. The van der Waals surface area contributed by atoms with Crippen LogP contribution in [-0.4, -0.2) is 21.8 Å². The Morgan fingerprint density at radius 2 is 1.79 bits per heavy atom. The summed E-state index contributed by atoms with van der Waals surface area (Å²) < 4.78 is 0. The molecule has 0 aliphatic heterocycles.